The highest BCUT2D eigenvalue weighted by molar-refractivity contribution is 6.09. The number of nitrogens with one attached hydrogen (secondary N) is 1. The van der Waals surface area contributed by atoms with Crippen LogP contribution in [0.15, 0.2) is 12.1 Å². The van der Waals surface area contributed by atoms with E-state index < -0.39 is 11.6 Å². The van der Waals surface area contributed by atoms with Crippen LogP contribution >= 0.6 is 0 Å². The van der Waals surface area contributed by atoms with Gasteiger partial charge < -0.3 is 19.7 Å². The van der Waals surface area contributed by atoms with E-state index >= 15 is 0 Å². The third-order valence-corrected chi connectivity index (χ3v) is 8.47. The summed E-state index contributed by atoms with van der Waals surface area (Å²) in [6, 6.07) is 3.40. The van der Waals surface area contributed by atoms with Crippen LogP contribution in [0, 0.1) is 11.3 Å². The highest BCUT2D eigenvalue weighted by Crippen LogP contribution is 2.45. The molecule has 1 saturated heterocycles. The van der Waals surface area contributed by atoms with Gasteiger partial charge >= 0.3 is 6.03 Å². The van der Waals surface area contributed by atoms with Gasteiger partial charge in [-0.2, -0.15) is 0 Å². The summed E-state index contributed by atoms with van der Waals surface area (Å²) in [5.41, 5.74) is 1.47. The van der Waals surface area contributed by atoms with E-state index in [1.807, 2.05) is 12.1 Å². The molecule has 1 saturated carbocycles. The summed E-state index contributed by atoms with van der Waals surface area (Å²) in [6.07, 6.45) is 4.85. The number of nitrogens with zero attached hydrogens (tertiary/aromatic N) is 2. The van der Waals surface area contributed by atoms with Crippen molar-refractivity contribution >= 4 is 17.8 Å². The van der Waals surface area contributed by atoms with Gasteiger partial charge in [-0.25, -0.2) is 4.79 Å². The lowest BCUT2D eigenvalue weighted by molar-refractivity contribution is -0.140. The lowest BCUT2D eigenvalue weighted by atomic mass is 9.65. The Bertz CT molecular complexity index is 981. The quantitative estimate of drug-likeness (QED) is 0.642. The van der Waals surface area contributed by atoms with Gasteiger partial charge in [0.25, 0.3) is 5.91 Å². The van der Waals surface area contributed by atoms with Gasteiger partial charge in [0.15, 0.2) is 11.5 Å². The van der Waals surface area contributed by atoms with Gasteiger partial charge in [-0.3, -0.25) is 14.5 Å². The van der Waals surface area contributed by atoms with E-state index in [-0.39, 0.29) is 23.8 Å². The zero-order chi connectivity index (χ0) is 24.7. The van der Waals surface area contributed by atoms with Crippen molar-refractivity contribution in [3.8, 4) is 11.5 Å². The molecule has 1 aromatic carbocycles. The maximum atomic E-state index is 13.3. The predicted molar refractivity (Wildman–Crippen MR) is 128 cm³/mol. The highest BCUT2D eigenvalue weighted by Gasteiger charge is 2.54. The van der Waals surface area contributed by atoms with Crippen molar-refractivity contribution in [2.45, 2.75) is 71.4 Å². The van der Waals surface area contributed by atoms with Crippen LogP contribution < -0.4 is 14.8 Å². The lowest BCUT2D eigenvalue weighted by Crippen LogP contribution is -2.51. The first-order valence-corrected chi connectivity index (χ1v) is 12.3. The molecule has 2 fully saturated rings. The Hall–Kier alpha value is -2.77. The van der Waals surface area contributed by atoms with Gasteiger partial charge in [-0.1, -0.05) is 27.2 Å². The molecule has 4 amide bonds. The second-order valence-electron chi connectivity index (χ2n) is 10.6. The first-order chi connectivity index (χ1) is 16.1. The Morgan fingerprint density at radius 2 is 1.74 bits per heavy atom. The minimum atomic E-state index is -0.851. The van der Waals surface area contributed by atoms with E-state index in [4.69, 9.17) is 9.47 Å². The molecule has 0 atom stereocenters. The average Bonchev–Trinajstić information content (AvgIpc) is 3.06. The maximum absolute atomic E-state index is 13.3. The molecule has 34 heavy (non-hydrogen) atoms. The van der Waals surface area contributed by atoms with E-state index in [2.05, 4.69) is 26.1 Å². The molecule has 186 valence electrons. The van der Waals surface area contributed by atoms with Crippen molar-refractivity contribution in [3.05, 3.63) is 23.3 Å². The predicted octanol–water partition coefficient (Wildman–Crippen LogP) is 3.51. The van der Waals surface area contributed by atoms with Crippen LogP contribution in [0.5, 0.6) is 11.5 Å². The number of methoxy groups -OCH3 is 2. The van der Waals surface area contributed by atoms with Crippen LogP contribution in [0.2, 0.25) is 0 Å². The van der Waals surface area contributed by atoms with Crippen molar-refractivity contribution in [1.29, 1.82) is 0 Å². The average molecular weight is 472 g/mol. The molecule has 0 bridgehead atoms. The molecular weight excluding hydrogens is 434 g/mol. The Kier molecular flexibility index (Phi) is 6.53. The second kappa shape index (κ2) is 9.12. The van der Waals surface area contributed by atoms with E-state index in [0.717, 1.165) is 35.3 Å². The van der Waals surface area contributed by atoms with E-state index in [0.29, 0.717) is 49.8 Å². The Balaban J connectivity index is 1.41. The number of benzene rings is 1. The summed E-state index contributed by atoms with van der Waals surface area (Å²) in [7, 11) is 3.19. The van der Waals surface area contributed by atoms with Crippen molar-refractivity contribution in [2.24, 2.45) is 11.3 Å². The van der Waals surface area contributed by atoms with Crippen LogP contribution in [0.25, 0.3) is 0 Å². The molecular formula is C26H37N3O5. The van der Waals surface area contributed by atoms with Crippen molar-refractivity contribution < 1.29 is 23.9 Å². The topological polar surface area (TPSA) is 88.2 Å². The van der Waals surface area contributed by atoms with Crippen LogP contribution in [0.3, 0.4) is 0 Å². The van der Waals surface area contributed by atoms with Gasteiger partial charge in [0.1, 0.15) is 12.1 Å². The molecule has 0 unspecified atom stereocenters. The number of carbonyl (C=O) groups is 3. The number of carbonyl (C=O) groups excluding carboxylic acids is 3. The molecule has 2 heterocycles. The largest absolute Gasteiger partial charge is 0.493 e. The molecule has 1 aromatic rings. The van der Waals surface area contributed by atoms with Gasteiger partial charge in [0.05, 0.1) is 14.2 Å². The molecule has 3 aliphatic rings. The fourth-order valence-electron chi connectivity index (χ4n) is 5.67. The maximum Gasteiger partial charge on any atom is 0.325 e. The Labute approximate surface area is 201 Å². The number of imide groups is 1. The lowest BCUT2D eigenvalue weighted by Gasteiger charge is -2.42. The summed E-state index contributed by atoms with van der Waals surface area (Å²) in [5, 5.41) is 2.95. The number of hydrogen-bond acceptors (Lipinski definition) is 5. The third kappa shape index (κ3) is 4.23. The molecule has 8 heteroatoms. The Morgan fingerprint density at radius 3 is 2.32 bits per heavy atom. The highest BCUT2D eigenvalue weighted by atomic mass is 16.5. The van der Waals surface area contributed by atoms with Crippen LogP contribution in [0.1, 0.15) is 64.0 Å². The summed E-state index contributed by atoms with van der Waals surface area (Å²) in [6.45, 7) is 7.47. The number of fused-ring (bicyclic) bond motifs is 1. The van der Waals surface area contributed by atoms with Crippen LogP contribution in [0.4, 0.5) is 4.79 Å². The standard InChI is InChI=1S/C26H37N3O5/c1-6-25(2,3)19-7-10-26(11-8-19)23(31)29(24(32)27-26)16-22(30)28-12-9-17-13-20(33-4)21(34-5)14-18(17)15-28/h13-14,19H,6-12,15-16H2,1-5H3,(H,27,32). The minimum Gasteiger partial charge on any atom is -0.493 e. The zero-order valence-corrected chi connectivity index (χ0v) is 21.0. The van der Waals surface area contributed by atoms with Crippen LogP contribution in [-0.4, -0.2) is 60.5 Å². The summed E-state index contributed by atoms with van der Waals surface area (Å²) >= 11 is 0. The molecule has 0 aromatic heterocycles. The molecule has 1 spiro atoms. The fourth-order valence-corrected chi connectivity index (χ4v) is 5.67. The van der Waals surface area contributed by atoms with Gasteiger partial charge in [-0.05, 0) is 66.7 Å². The summed E-state index contributed by atoms with van der Waals surface area (Å²) in [4.78, 5) is 42.0. The molecule has 1 aliphatic carbocycles. The minimum absolute atomic E-state index is 0.221. The smallest absolute Gasteiger partial charge is 0.325 e. The summed E-state index contributed by atoms with van der Waals surface area (Å²) in [5.74, 6) is 1.35. The third-order valence-electron chi connectivity index (χ3n) is 8.47. The van der Waals surface area contributed by atoms with E-state index in [1.165, 1.54) is 0 Å². The van der Waals surface area contributed by atoms with Gasteiger partial charge in [0.2, 0.25) is 5.91 Å². The summed E-state index contributed by atoms with van der Waals surface area (Å²) < 4.78 is 10.8. The van der Waals surface area contributed by atoms with Gasteiger partial charge in [0, 0.05) is 13.1 Å². The number of amides is 4. The van der Waals surface area contributed by atoms with E-state index in [1.54, 1.807) is 19.1 Å². The number of ether oxygens (including phenoxy) is 2. The molecule has 8 nitrogen and oxygen atoms in total. The number of urea groups is 1. The first-order valence-electron chi connectivity index (χ1n) is 12.3. The van der Waals surface area contributed by atoms with Crippen LogP contribution in [-0.2, 0) is 22.6 Å². The van der Waals surface area contributed by atoms with Gasteiger partial charge in [-0.15, -0.1) is 0 Å². The van der Waals surface area contributed by atoms with Crippen molar-refractivity contribution in [3.63, 3.8) is 0 Å². The number of hydrogen-bond donors (Lipinski definition) is 1. The van der Waals surface area contributed by atoms with Crippen molar-refractivity contribution in [2.75, 3.05) is 27.3 Å². The monoisotopic (exact) mass is 471 g/mol. The molecule has 0 radical (unpaired) electrons. The van der Waals surface area contributed by atoms with E-state index in [9.17, 15) is 14.4 Å². The second-order valence-corrected chi connectivity index (χ2v) is 10.6. The first kappa shape index (κ1) is 24.4. The SMILES string of the molecule is CCC(C)(C)C1CCC2(CC1)NC(=O)N(CC(=O)N1CCc3cc(OC)c(OC)cc3C1)C2=O. The number of rotatable bonds is 6. The molecule has 1 N–H and O–H groups in total. The molecule has 4 rings (SSSR count). The Morgan fingerprint density at radius 1 is 1.12 bits per heavy atom. The van der Waals surface area contributed by atoms with Crippen molar-refractivity contribution in [1.82, 2.24) is 15.1 Å². The zero-order valence-electron chi connectivity index (χ0n) is 21.0. The normalized spacial score (nSPS) is 24.8. The molecule has 2 aliphatic heterocycles. The fraction of sp³-hybridized carbons (Fsp3) is 0.654.